The molecule has 0 bridgehead atoms. The van der Waals surface area contributed by atoms with Gasteiger partial charge in [0.1, 0.15) is 5.75 Å². The normalized spacial score (nSPS) is 11.8. The number of nitrogens with zero attached hydrogens (tertiary/aromatic N) is 1. The van der Waals surface area contributed by atoms with Crippen molar-refractivity contribution in [1.82, 2.24) is 5.32 Å². The van der Waals surface area contributed by atoms with Gasteiger partial charge in [-0.2, -0.15) is 5.26 Å². The molecule has 1 rings (SSSR count). The minimum atomic E-state index is 0.456. The van der Waals surface area contributed by atoms with Crippen LogP contribution < -0.4 is 10.1 Å². The summed E-state index contributed by atoms with van der Waals surface area (Å²) >= 11 is 0. The van der Waals surface area contributed by atoms with Crippen molar-refractivity contribution in [2.45, 2.75) is 26.7 Å². The number of nitrogens with one attached hydrogen (secondary N) is 1. The number of rotatable bonds is 8. The third-order valence-electron chi connectivity index (χ3n) is 2.66. The summed E-state index contributed by atoms with van der Waals surface area (Å²) in [5.41, 5.74) is 1.03. The fraction of sp³-hybridized carbons (Fsp3) is 0.533. The topological polar surface area (TPSA) is 45.0 Å². The van der Waals surface area contributed by atoms with Crippen LogP contribution >= 0.6 is 0 Å². The molecule has 3 heteroatoms. The average Bonchev–Trinajstić information content (AvgIpc) is 2.39. The summed E-state index contributed by atoms with van der Waals surface area (Å²) in [4.78, 5) is 0. The molecule has 0 aliphatic carbocycles. The first-order valence-electron chi connectivity index (χ1n) is 6.55. The highest BCUT2D eigenvalue weighted by atomic mass is 16.5. The lowest BCUT2D eigenvalue weighted by atomic mass is 10.1. The van der Waals surface area contributed by atoms with Gasteiger partial charge in [0.2, 0.25) is 0 Å². The Bertz CT molecular complexity index is 367. The van der Waals surface area contributed by atoms with E-state index >= 15 is 0 Å². The standard InChI is InChI=1S/C15H22N2O/c1-3-10-17-11-13(2)12-18-15-6-4-14(5-7-15)8-9-16/h4-7,13,17H,3,8,10-12H2,1-2H3. The van der Waals surface area contributed by atoms with Gasteiger partial charge in [-0.1, -0.05) is 26.0 Å². The van der Waals surface area contributed by atoms with Crippen molar-refractivity contribution in [1.29, 1.82) is 5.26 Å². The Kier molecular flexibility index (Phi) is 6.90. The van der Waals surface area contributed by atoms with Gasteiger partial charge in [-0.25, -0.2) is 0 Å². The molecule has 0 heterocycles. The maximum atomic E-state index is 8.58. The maximum Gasteiger partial charge on any atom is 0.119 e. The van der Waals surface area contributed by atoms with E-state index in [1.54, 1.807) is 0 Å². The highest BCUT2D eigenvalue weighted by Gasteiger charge is 2.02. The van der Waals surface area contributed by atoms with Crippen LogP contribution in [0.4, 0.5) is 0 Å². The molecule has 1 unspecified atom stereocenters. The van der Waals surface area contributed by atoms with Crippen molar-refractivity contribution in [3.05, 3.63) is 29.8 Å². The van der Waals surface area contributed by atoms with Crippen molar-refractivity contribution >= 4 is 0 Å². The Hall–Kier alpha value is -1.53. The zero-order valence-electron chi connectivity index (χ0n) is 11.3. The number of hydrogen-bond donors (Lipinski definition) is 1. The fourth-order valence-corrected chi connectivity index (χ4v) is 1.62. The lowest BCUT2D eigenvalue weighted by Crippen LogP contribution is -2.25. The zero-order valence-corrected chi connectivity index (χ0v) is 11.3. The summed E-state index contributed by atoms with van der Waals surface area (Å²) < 4.78 is 5.71. The lowest BCUT2D eigenvalue weighted by Gasteiger charge is -2.13. The molecule has 0 amide bonds. The highest BCUT2D eigenvalue weighted by molar-refractivity contribution is 5.28. The van der Waals surface area contributed by atoms with Gasteiger partial charge in [0.25, 0.3) is 0 Å². The molecule has 0 aliphatic rings. The van der Waals surface area contributed by atoms with Crippen LogP contribution in [-0.2, 0) is 6.42 Å². The van der Waals surface area contributed by atoms with E-state index in [0.29, 0.717) is 18.9 Å². The predicted molar refractivity (Wildman–Crippen MR) is 73.6 cm³/mol. The molecular weight excluding hydrogens is 224 g/mol. The third-order valence-corrected chi connectivity index (χ3v) is 2.66. The van der Waals surface area contributed by atoms with Crippen molar-refractivity contribution in [2.24, 2.45) is 5.92 Å². The van der Waals surface area contributed by atoms with Gasteiger partial charge in [0, 0.05) is 12.5 Å². The van der Waals surface area contributed by atoms with E-state index in [4.69, 9.17) is 10.00 Å². The SMILES string of the molecule is CCCNCC(C)COc1ccc(CC#N)cc1. The number of nitriles is 1. The molecule has 1 aromatic carbocycles. The van der Waals surface area contributed by atoms with Crippen LogP contribution in [-0.4, -0.2) is 19.7 Å². The second-order valence-corrected chi connectivity index (χ2v) is 4.60. The largest absolute Gasteiger partial charge is 0.493 e. The molecule has 1 atom stereocenters. The molecule has 98 valence electrons. The molecule has 1 aromatic rings. The summed E-state index contributed by atoms with van der Waals surface area (Å²) in [6.45, 7) is 7.10. The van der Waals surface area contributed by atoms with Crippen LogP contribution in [0.15, 0.2) is 24.3 Å². The van der Waals surface area contributed by atoms with E-state index in [9.17, 15) is 0 Å². The minimum Gasteiger partial charge on any atom is -0.493 e. The summed E-state index contributed by atoms with van der Waals surface area (Å²) in [6, 6.07) is 9.88. The molecule has 0 radical (unpaired) electrons. The van der Waals surface area contributed by atoms with Gasteiger partial charge < -0.3 is 10.1 Å². The van der Waals surface area contributed by atoms with Crippen molar-refractivity contribution < 1.29 is 4.74 Å². The monoisotopic (exact) mass is 246 g/mol. The summed E-state index contributed by atoms with van der Waals surface area (Å²) in [7, 11) is 0. The first kappa shape index (κ1) is 14.5. The molecule has 0 spiro atoms. The van der Waals surface area contributed by atoms with E-state index in [1.807, 2.05) is 24.3 Å². The third kappa shape index (κ3) is 5.70. The molecule has 0 saturated carbocycles. The number of benzene rings is 1. The van der Waals surface area contributed by atoms with Crippen LogP contribution in [0.1, 0.15) is 25.8 Å². The van der Waals surface area contributed by atoms with E-state index in [1.165, 1.54) is 0 Å². The Morgan fingerprint density at radius 3 is 2.67 bits per heavy atom. The Balaban J connectivity index is 2.28. The van der Waals surface area contributed by atoms with E-state index in [-0.39, 0.29) is 0 Å². The molecule has 3 nitrogen and oxygen atoms in total. The number of hydrogen-bond acceptors (Lipinski definition) is 3. The van der Waals surface area contributed by atoms with Gasteiger partial charge in [-0.3, -0.25) is 0 Å². The maximum absolute atomic E-state index is 8.58. The van der Waals surface area contributed by atoms with Crippen molar-refractivity contribution in [3.8, 4) is 11.8 Å². The molecule has 1 N–H and O–H groups in total. The highest BCUT2D eigenvalue weighted by Crippen LogP contribution is 2.13. The van der Waals surface area contributed by atoms with E-state index in [0.717, 1.165) is 30.8 Å². The molecule has 18 heavy (non-hydrogen) atoms. The summed E-state index contributed by atoms with van der Waals surface area (Å²) in [5.74, 6) is 1.37. The molecule has 0 saturated heterocycles. The number of ether oxygens (including phenoxy) is 1. The second kappa shape index (κ2) is 8.54. The van der Waals surface area contributed by atoms with Gasteiger partial charge in [-0.05, 0) is 30.7 Å². The zero-order chi connectivity index (χ0) is 13.2. The average molecular weight is 246 g/mol. The van der Waals surface area contributed by atoms with Crippen molar-refractivity contribution in [2.75, 3.05) is 19.7 Å². The van der Waals surface area contributed by atoms with Crippen LogP contribution in [0.2, 0.25) is 0 Å². The Morgan fingerprint density at radius 2 is 2.06 bits per heavy atom. The summed E-state index contributed by atoms with van der Waals surface area (Å²) in [5, 5.41) is 12.0. The summed E-state index contributed by atoms with van der Waals surface area (Å²) in [6.07, 6.45) is 1.62. The Morgan fingerprint density at radius 1 is 1.33 bits per heavy atom. The first-order valence-corrected chi connectivity index (χ1v) is 6.55. The van der Waals surface area contributed by atoms with E-state index in [2.05, 4.69) is 25.2 Å². The van der Waals surface area contributed by atoms with E-state index < -0.39 is 0 Å². The predicted octanol–water partition coefficient (Wildman–Crippen LogP) is 2.77. The molecular formula is C15H22N2O. The molecule has 0 fully saturated rings. The van der Waals surface area contributed by atoms with Gasteiger partial charge in [-0.15, -0.1) is 0 Å². The van der Waals surface area contributed by atoms with Gasteiger partial charge in [0.15, 0.2) is 0 Å². The van der Waals surface area contributed by atoms with Gasteiger partial charge in [0.05, 0.1) is 19.1 Å². The lowest BCUT2D eigenvalue weighted by molar-refractivity contribution is 0.256. The van der Waals surface area contributed by atoms with Crippen LogP contribution in [0, 0.1) is 17.2 Å². The fourth-order valence-electron chi connectivity index (χ4n) is 1.62. The molecule has 0 aliphatic heterocycles. The van der Waals surface area contributed by atoms with Crippen molar-refractivity contribution in [3.63, 3.8) is 0 Å². The van der Waals surface area contributed by atoms with Crippen LogP contribution in [0.5, 0.6) is 5.75 Å². The second-order valence-electron chi connectivity index (χ2n) is 4.60. The van der Waals surface area contributed by atoms with Crippen LogP contribution in [0.25, 0.3) is 0 Å². The first-order chi connectivity index (χ1) is 8.76. The smallest absolute Gasteiger partial charge is 0.119 e. The Labute approximate surface area is 110 Å². The van der Waals surface area contributed by atoms with Crippen LogP contribution in [0.3, 0.4) is 0 Å². The minimum absolute atomic E-state index is 0.456. The quantitative estimate of drug-likeness (QED) is 0.717. The molecule has 0 aromatic heterocycles. The van der Waals surface area contributed by atoms with Gasteiger partial charge >= 0.3 is 0 Å².